The van der Waals surface area contributed by atoms with Crippen molar-refractivity contribution < 1.29 is 9.47 Å². The van der Waals surface area contributed by atoms with Crippen molar-refractivity contribution >= 4 is 21.9 Å². The minimum atomic E-state index is 0.508. The van der Waals surface area contributed by atoms with Gasteiger partial charge in [0.05, 0.1) is 23.2 Å². The van der Waals surface area contributed by atoms with Gasteiger partial charge in [0, 0.05) is 56.8 Å². The molecule has 38 heavy (non-hydrogen) atoms. The van der Waals surface area contributed by atoms with Crippen molar-refractivity contribution in [1.82, 2.24) is 24.3 Å². The molecule has 194 valence electrons. The first-order valence-corrected chi connectivity index (χ1v) is 13.2. The molecule has 0 radical (unpaired) electrons. The van der Waals surface area contributed by atoms with Gasteiger partial charge in [0.15, 0.2) is 0 Å². The maximum atomic E-state index is 5.75. The zero-order valence-electron chi connectivity index (χ0n) is 22.0. The van der Waals surface area contributed by atoms with Crippen molar-refractivity contribution in [2.75, 3.05) is 53.6 Å². The van der Waals surface area contributed by atoms with Gasteiger partial charge in [-0.3, -0.25) is 9.47 Å². The second-order valence-corrected chi connectivity index (χ2v) is 9.93. The number of hydrogen-bond acceptors (Lipinski definition) is 6. The van der Waals surface area contributed by atoms with Crippen molar-refractivity contribution in [3.63, 3.8) is 0 Å². The molecule has 0 spiro atoms. The van der Waals surface area contributed by atoms with Gasteiger partial charge in [-0.2, -0.15) is 0 Å². The number of rotatable bonds is 8. The summed E-state index contributed by atoms with van der Waals surface area (Å²) in [5.74, 6) is 1.62. The van der Waals surface area contributed by atoms with Crippen molar-refractivity contribution in [2.45, 2.75) is 6.54 Å². The number of ether oxygens (including phenoxy) is 2. The Bertz CT molecular complexity index is 1540. The van der Waals surface area contributed by atoms with E-state index in [2.05, 4.69) is 76.4 Å². The third kappa shape index (κ3) is 5.13. The van der Waals surface area contributed by atoms with Gasteiger partial charge in [0.1, 0.15) is 24.5 Å². The maximum Gasteiger partial charge on any atom is 0.139 e. The van der Waals surface area contributed by atoms with Crippen LogP contribution in [0.25, 0.3) is 38.9 Å². The fourth-order valence-corrected chi connectivity index (χ4v) is 5.07. The highest BCUT2D eigenvalue weighted by molar-refractivity contribution is 5.94. The first-order valence-electron chi connectivity index (χ1n) is 13.2. The lowest BCUT2D eigenvalue weighted by atomic mass is 10.0. The molecule has 7 heteroatoms. The molecule has 0 amide bonds. The molecular weight excluding hydrogens is 474 g/mol. The summed E-state index contributed by atoms with van der Waals surface area (Å²) in [4.78, 5) is 14.6. The predicted molar refractivity (Wildman–Crippen MR) is 152 cm³/mol. The van der Waals surface area contributed by atoms with Crippen LogP contribution in [0, 0.1) is 0 Å². The summed E-state index contributed by atoms with van der Waals surface area (Å²) in [6.45, 7) is 6.58. The molecule has 0 atom stereocenters. The minimum absolute atomic E-state index is 0.508. The molecule has 0 saturated carbocycles. The molecule has 3 aromatic carbocycles. The SMILES string of the molecule is COCCOc1ccc2c(c1)ncn2-c1ccc2cccc(-c3ccc(CN4CCN(C)CC4)cc3)c2n1. The second-order valence-electron chi connectivity index (χ2n) is 9.93. The number of methoxy groups -OCH3 is 1. The van der Waals surface area contributed by atoms with Crippen molar-refractivity contribution in [3.05, 3.63) is 84.7 Å². The maximum absolute atomic E-state index is 5.75. The fraction of sp³-hybridized carbons (Fsp3) is 0.290. The van der Waals surface area contributed by atoms with E-state index in [1.807, 2.05) is 29.1 Å². The van der Waals surface area contributed by atoms with E-state index in [-0.39, 0.29) is 0 Å². The molecule has 1 aliphatic heterocycles. The summed E-state index contributed by atoms with van der Waals surface area (Å²) in [6.07, 6.45) is 1.83. The van der Waals surface area contributed by atoms with Crippen molar-refractivity contribution in [1.29, 1.82) is 0 Å². The Hall–Kier alpha value is -3.78. The Morgan fingerprint density at radius 3 is 2.53 bits per heavy atom. The Kier molecular flexibility index (Phi) is 7.05. The molecule has 7 nitrogen and oxygen atoms in total. The van der Waals surface area contributed by atoms with Gasteiger partial charge >= 0.3 is 0 Å². The summed E-state index contributed by atoms with van der Waals surface area (Å²) in [5, 5.41) is 1.12. The van der Waals surface area contributed by atoms with Gasteiger partial charge in [0.2, 0.25) is 0 Å². The molecule has 3 heterocycles. The monoisotopic (exact) mass is 507 g/mol. The number of pyridine rings is 1. The lowest BCUT2D eigenvalue weighted by molar-refractivity contribution is 0.146. The number of imidazole rings is 1. The van der Waals surface area contributed by atoms with E-state index in [1.165, 1.54) is 11.1 Å². The van der Waals surface area contributed by atoms with Gasteiger partial charge < -0.3 is 14.4 Å². The van der Waals surface area contributed by atoms with Gasteiger partial charge in [-0.25, -0.2) is 9.97 Å². The first kappa shape index (κ1) is 24.6. The van der Waals surface area contributed by atoms with Crippen LogP contribution in [-0.2, 0) is 11.3 Å². The highest BCUT2D eigenvalue weighted by atomic mass is 16.5. The van der Waals surface area contributed by atoms with Crippen LogP contribution < -0.4 is 4.74 Å². The minimum Gasteiger partial charge on any atom is -0.491 e. The number of hydrogen-bond donors (Lipinski definition) is 0. The number of para-hydroxylation sites is 1. The average Bonchev–Trinajstić information content (AvgIpc) is 3.38. The van der Waals surface area contributed by atoms with Crippen LogP contribution >= 0.6 is 0 Å². The largest absolute Gasteiger partial charge is 0.491 e. The topological polar surface area (TPSA) is 55.7 Å². The summed E-state index contributed by atoms with van der Waals surface area (Å²) in [5.41, 5.74) is 6.50. The summed E-state index contributed by atoms with van der Waals surface area (Å²) in [6, 6.07) is 25.5. The molecule has 6 rings (SSSR count). The standard InChI is InChI=1S/C31H33N5O2/c1-34-14-16-35(17-15-34)21-23-6-8-24(9-7-23)27-5-3-4-25-10-13-30(33-31(25)27)36-22-32-28-20-26(11-12-29(28)36)38-19-18-37-2/h3-13,20,22H,14-19,21H2,1-2H3. The fourth-order valence-electron chi connectivity index (χ4n) is 5.07. The molecule has 0 bridgehead atoms. The van der Waals surface area contributed by atoms with E-state index >= 15 is 0 Å². The first-order chi connectivity index (χ1) is 18.7. The second kappa shape index (κ2) is 10.9. The van der Waals surface area contributed by atoms with Crippen LogP contribution in [0.4, 0.5) is 0 Å². The van der Waals surface area contributed by atoms with Gasteiger partial charge in [-0.05, 0) is 42.4 Å². The predicted octanol–water partition coefficient (Wildman–Crippen LogP) is 5.01. The van der Waals surface area contributed by atoms with Crippen LogP contribution in [-0.4, -0.2) is 77.9 Å². The molecule has 0 aliphatic carbocycles. The summed E-state index contributed by atoms with van der Waals surface area (Å²) in [7, 11) is 3.86. The van der Waals surface area contributed by atoms with Crippen LogP contribution in [0.3, 0.4) is 0 Å². The molecule has 0 unspecified atom stereocenters. The van der Waals surface area contributed by atoms with E-state index in [9.17, 15) is 0 Å². The molecule has 5 aromatic rings. The highest BCUT2D eigenvalue weighted by Gasteiger charge is 2.14. The lowest BCUT2D eigenvalue weighted by Crippen LogP contribution is -2.43. The zero-order chi connectivity index (χ0) is 25.9. The molecule has 0 N–H and O–H groups in total. The number of piperazine rings is 1. The molecular formula is C31H33N5O2. The van der Waals surface area contributed by atoms with E-state index in [0.717, 1.165) is 71.8 Å². The molecule has 1 saturated heterocycles. The number of likely N-dealkylation sites (N-methyl/N-ethyl adjacent to an activating group) is 1. The van der Waals surface area contributed by atoms with E-state index in [1.54, 1.807) is 7.11 Å². The Morgan fingerprint density at radius 2 is 1.71 bits per heavy atom. The van der Waals surface area contributed by atoms with Crippen molar-refractivity contribution in [3.8, 4) is 22.7 Å². The number of aromatic nitrogens is 3. The van der Waals surface area contributed by atoms with E-state index in [4.69, 9.17) is 14.5 Å². The van der Waals surface area contributed by atoms with Crippen LogP contribution in [0.5, 0.6) is 5.75 Å². The van der Waals surface area contributed by atoms with E-state index in [0.29, 0.717) is 13.2 Å². The Morgan fingerprint density at radius 1 is 0.868 bits per heavy atom. The zero-order valence-corrected chi connectivity index (χ0v) is 22.0. The third-order valence-corrected chi connectivity index (χ3v) is 7.29. The molecule has 1 fully saturated rings. The third-order valence-electron chi connectivity index (χ3n) is 7.29. The number of nitrogens with zero attached hydrogens (tertiary/aromatic N) is 5. The number of benzene rings is 3. The quantitative estimate of drug-likeness (QED) is 0.275. The average molecular weight is 508 g/mol. The van der Waals surface area contributed by atoms with Crippen LogP contribution in [0.2, 0.25) is 0 Å². The van der Waals surface area contributed by atoms with Gasteiger partial charge in [0.25, 0.3) is 0 Å². The summed E-state index contributed by atoms with van der Waals surface area (Å²) < 4.78 is 12.9. The molecule has 1 aliphatic rings. The normalized spacial score (nSPS) is 14.9. The number of fused-ring (bicyclic) bond motifs is 2. The Balaban J connectivity index is 1.28. The van der Waals surface area contributed by atoms with E-state index < -0.39 is 0 Å². The highest BCUT2D eigenvalue weighted by Crippen LogP contribution is 2.30. The lowest BCUT2D eigenvalue weighted by Gasteiger charge is -2.32. The summed E-state index contributed by atoms with van der Waals surface area (Å²) >= 11 is 0. The van der Waals surface area contributed by atoms with Gasteiger partial charge in [-0.15, -0.1) is 0 Å². The van der Waals surface area contributed by atoms with Gasteiger partial charge in [-0.1, -0.05) is 42.5 Å². The Labute approximate surface area is 223 Å². The van der Waals surface area contributed by atoms with Crippen molar-refractivity contribution in [2.24, 2.45) is 0 Å². The van der Waals surface area contributed by atoms with Crippen LogP contribution in [0.1, 0.15) is 5.56 Å². The van der Waals surface area contributed by atoms with Crippen LogP contribution in [0.15, 0.2) is 79.1 Å². The molecule has 2 aromatic heterocycles. The smallest absolute Gasteiger partial charge is 0.139 e.